The Balaban J connectivity index is 1.78. The monoisotopic (exact) mass is 637 g/mol. The van der Waals surface area contributed by atoms with E-state index in [0.717, 1.165) is 24.0 Å². The number of aliphatic hydroxyl groups excluding tert-OH is 5. The Morgan fingerprint density at radius 1 is 1.16 bits per heavy atom. The predicted octanol–water partition coefficient (Wildman–Crippen LogP) is 1.61. The molecule has 1 amide bonds. The molecule has 0 bridgehead atoms. The maximum absolute atomic E-state index is 12.2. The summed E-state index contributed by atoms with van der Waals surface area (Å²) < 4.78 is 24.0. The van der Waals surface area contributed by atoms with Gasteiger partial charge in [0.1, 0.15) is 30.5 Å². The fraction of sp³-hybridized carbons (Fsp3) is 0.794. The van der Waals surface area contributed by atoms with E-state index in [0.29, 0.717) is 25.1 Å². The van der Waals surface area contributed by atoms with Gasteiger partial charge in [0, 0.05) is 31.9 Å². The second-order valence-corrected chi connectivity index (χ2v) is 14.3. The molecule has 0 aromatic rings. The van der Waals surface area contributed by atoms with Crippen molar-refractivity contribution in [2.45, 2.75) is 115 Å². The molecule has 1 aliphatic heterocycles. The molecule has 1 heterocycles. The van der Waals surface area contributed by atoms with Gasteiger partial charge in [-0.1, -0.05) is 37.1 Å². The molecule has 13 atom stereocenters. The molecule has 0 radical (unpaired) electrons. The van der Waals surface area contributed by atoms with Crippen LogP contribution < -0.4 is 5.32 Å². The van der Waals surface area contributed by atoms with E-state index in [-0.39, 0.29) is 36.2 Å². The number of amides is 1. The van der Waals surface area contributed by atoms with Gasteiger partial charge >= 0.3 is 0 Å². The van der Waals surface area contributed by atoms with Crippen molar-refractivity contribution < 1.29 is 49.3 Å². The zero-order valence-electron chi connectivity index (χ0n) is 27.8. The van der Waals surface area contributed by atoms with Crippen LogP contribution in [-0.4, -0.2) is 113 Å². The van der Waals surface area contributed by atoms with Crippen molar-refractivity contribution in [3.8, 4) is 0 Å². The fourth-order valence-corrected chi connectivity index (χ4v) is 7.64. The van der Waals surface area contributed by atoms with Crippen molar-refractivity contribution in [1.82, 2.24) is 5.32 Å². The summed E-state index contributed by atoms with van der Waals surface area (Å²) in [6.45, 7) is 15.4. The lowest BCUT2D eigenvalue weighted by Crippen LogP contribution is -2.61. The lowest BCUT2D eigenvalue weighted by atomic mass is 9.68. The topological polar surface area (TPSA) is 167 Å². The number of hydrogen-bond donors (Lipinski definition) is 6. The molecule has 11 heteroatoms. The highest BCUT2D eigenvalue weighted by atomic mass is 16.7. The van der Waals surface area contributed by atoms with E-state index in [2.05, 4.69) is 18.0 Å². The number of hydrogen-bond acceptors (Lipinski definition) is 10. The van der Waals surface area contributed by atoms with Gasteiger partial charge in [-0.3, -0.25) is 4.79 Å². The highest BCUT2D eigenvalue weighted by molar-refractivity contribution is 5.72. The number of fused-ring (bicyclic) bond motifs is 2. The Hall–Kier alpha value is -1.67. The number of rotatable bonds is 11. The molecule has 1 saturated heterocycles. The number of methoxy groups -OCH3 is 1. The van der Waals surface area contributed by atoms with E-state index in [1.165, 1.54) is 6.92 Å². The number of carbonyl (C=O) groups excluding carboxylic acids is 1. The van der Waals surface area contributed by atoms with Crippen LogP contribution in [0.4, 0.5) is 0 Å². The minimum absolute atomic E-state index is 0.0181. The number of nitrogens with one attached hydrogen (secondary N) is 1. The first-order valence-corrected chi connectivity index (χ1v) is 16.2. The average Bonchev–Trinajstić information content (AvgIpc) is 3.49. The quantitative estimate of drug-likeness (QED) is 0.183. The molecule has 4 rings (SSSR count). The highest BCUT2D eigenvalue weighted by Crippen LogP contribution is 2.55. The summed E-state index contributed by atoms with van der Waals surface area (Å²) in [4.78, 5) is 11.8. The van der Waals surface area contributed by atoms with Crippen molar-refractivity contribution >= 4 is 5.91 Å². The third-order valence-electron chi connectivity index (χ3n) is 10.7. The lowest BCUT2D eigenvalue weighted by Gasteiger charge is -2.46. The van der Waals surface area contributed by atoms with Gasteiger partial charge in [-0.25, -0.2) is 0 Å². The molecule has 256 valence electrons. The molecule has 4 aliphatic rings. The smallest absolute Gasteiger partial charge is 0.216 e. The van der Waals surface area contributed by atoms with Crippen molar-refractivity contribution in [2.24, 2.45) is 29.1 Å². The molecule has 11 nitrogen and oxygen atoms in total. The first kappa shape index (κ1) is 36.2. The van der Waals surface area contributed by atoms with Crippen molar-refractivity contribution in [3.05, 3.63) is 35.5 Å². The zero-order valence-corrected chi connectivity index (χ0v) is 27.8. The third kappa shape index (κ3) is 7.27. The molecule has 0 aromatic carbocycles. The summed E-state index contributed by atoms with van der Waals surface area (Å²) in [6, 6.07) is 0. The molecule has 1 saturated carbocycles. The van der Waals surface area contributed by atoms with Gasteiger partial charge in [0.2, 0.25) is 5.91 Å². The maximum Gasteiger partial charge on any atom is 0.216 e. The average molecular weight is 638 g/mol. The second kappa shape index (κ2) is 14.2. The van der Waals surface area contributed by atoms with E-state index in [1.807, 2.05) is 20.8 Å². The fourth-order valence-electron chi connectivity index (χ4n) is 7.64. The Kier molecular flexibility index (Phi) is 11.4. The summed E-state index contributed by atoms with van der Waals surface area (Å²) in [5.74, 6) is -0.477. The first-order valence-electron chi connectivity index (χ1n) is 16.2. The molecule has 2 fully saturated rings. The number of carbonyl (C=O) groups is 1. The summed E-state index contributed by atoms with van der Waals surface area (Å²) >= 11 is 0. The van der Waals surface area contributed by atoms with Gasteiger partial charge in [-0.2, -0.15) is 0 Å². The Morgan fingerprint density at radius 3 is 2.47 bits per heavy atom. The lowest BCUT2D eigenvalue weighted by molar-refractivity contribution is -0.319. The first-order chi connectivity index (χ1) is 21.1. The predicted molar refractivity (Wildman–Crippen MR) is 167 cm³/mol. The molecule has 0 unspecified atom stereocenters. The third-order valence-corrected chi connectivity index (χ3v) is 10.7. The normalized spacial score (nSPS) is 41.1. The van der Waals surface area contributed by atoms with Crippen LogP contribution in [0.3, 0.4) is 0 Å². The molecule has 3 aliphatic carbocycles. The minimum atomic E-state index is -1.63. The van der Waals surface area contributed by atoms with E-state index in [4.69, 9.17) is 18.9 Å². The van der Waals surface area contributed by atoms with Gasteiger partial charge in [0.15, 0.2) is 6.29 Å². The Bertz CT molecular complexity index is 1140. The van der Waals surface area contributed by atoms with E-state index < -0.39 is 60.0 Å². The maximum atomic E-state index is 12.2. The summed E-state index contributed by atoms with van der Waals surface area (Å²) in [5.41, 5.74) is 1.02. The summed E-state index contributed by atoms with van der Waals surface area (Å²) in [7, 11) is 1.68. The molecule has 45 heavy (non-hydrogen) atoms. The van der Waals surface area contributed by atoms with Crippen LogP contribution >= 0.6 is 0 Å². The van der Waals surface area contributed by atoms with Gasteiger partial charge in [0.05, 0.1) is 31.0 Å². The van der Waals surface area contributed by atoms with Gasteiger partial charge in [-0.15, -0.1) is 6.58 Å². The number of aliphatic hydroxyl groups is 5. The SMILES string of the molecule is C=CC(C)(C)OC[C@H]1O[C@H](O[C@@H]2C3=C([C@H](C)CNC(C)=O)C[C@H](O)[C@]3(C)C=C3[C@@H](COC)CC[C@H]3[C@@H](C)[C@H]2O)[C@H](O)[C@@H](O)[C@@H]1O. The van der Waals surface area contributed by atoms with Crippen LogP contribution in [0.1, 0.15) is 60.8 Å². The number of ether oxygens (including phenoxy) is 4. The van der Waals surface area contributed by atoms with Crippen LogP contribution in [0.15, 0.2) is 35.5 Å². The van der Waals surface area contributed by atoms with Crippen LogP contribution in [0, 0.1) is 29.1 Å². The van der Waals surface area contributed by atoms with Crippen molar-refractivity contribution in [1.29, 1.82) is 0 Å². The summed E-state index contributed by atoms with van der Waals surface area (Å²) in [5, 5.41) is 59.5. The summed E-state index contributed by atoms with van der Waals surface area (Å²) in [6.07, 6.45) is -4.30. The Labute approximate surface area is 267 Å². The molecule has 0 aromatic heterocycles. The minimum Gasteiger partial charge on any atom is -0.392 e. The van der Waals surface area contributed by atoms with Crippen LogP contribution in [-0.2, 0) is 23.7 Å². The largest absolute Gasteiger partial charge is 0.392 e. The van der Waals surface area contributed by atoms with Crippen LogP contribution in [0.5, 0.6) is 0 Å². The van der Waals surface area contributed by atoms with E-state index in [1.54, 1.807) is 27.0 Å². The molecular weight excluding hydrogens is 582 g/mol. The second-order valence-electron chi connectivity index (χ2n) is 14.3. The van der Waals surface area contributed by atoms with Gasteiger partial charge < -0.3 is 49.8 Å². The standard InChI is InChI=1S/C34H55NO10/c1-9-33(5,6)43-16-24-28(39)29(40)30(41)32(44-24)45-31-26-22(17(2)14-35-19(4)36)12-25(37)34(26,7)13-23-20(15-42-8)10-11-21(23)18(3)27(31)38/h9,13,17-18,20-21,24-25,27-32,37-41H,1,10-12,14-16H2,2-8H3,(H,35,36)/t17-,18-,20-,21+,24-,25+,27-,28-,29+,30-,31-,32-,34+/m1/s1. The van der Waals surface area contributed by atoms with E-state index in [9.17, 15) is 30.3 Å². The Morgan fingerprint density at radius 2 is 1.84 bits per heavy atom. The van der Waals surface area contributed by atoms with Crippen LogP contribution in [0.2, 0.25) is 0 Å². The molecule has 0 spiro atoms. The van der Waals surface area contributed by atoms with Crippen molar-refractivity contribution in [3.63, 3.8) is 0 Å². The van der Waals surface area contributed by atoms with E-state index >= 15 is 0 Å². The van der Waals surface area contributed by atoms with Gasteiger partial charge in [-0.05, 0) is 63.4 Å². The molecular formula is C34H55NO10. The highest BCUT2D eigenvalue weighted by Gasteiger charge is 2.55. The van der Waals surface area contributed by atoms with Crippen LogP contribution in [0.25, 0.3) is 0 Å². The molecule has 6 N–H and O–H groups in total. The van der Waals surface area contributed by atoms with Gasteiger partial charge in [0.25, 0.3) is 0 Å². The van der Waals surface area contributed by atoms with Crippen molar-refractivity contribution in [2.75, 3.05) is 26.9 Å². The zero-order chi connectivity index (χ0) is 33.4.